The maximum Gasteiger partial charge on any atom is 0.243 e. The SMILES string of the molecule is CC1Sc2ccc(S(=O)(=O)N(C)C3CCCCC3)cc2NC1=O. The number of anilines is 1. The molecule has 1 atom stereocenters. The van der Waals surface area contributed by atoms with E-state index in [4.69, 9.17) is 0 Å². The molecule has 1 aliphatic heterocycles. The molecular weight excluding hydrogens is 332 g/mol. The minimum Gasteiger partial charge on any atom is -0.324 e. The van der Waals surface area contributed by atoms with E-state index in [1.165, 1.54) is 22.5 Å². The lowest BCUT2D eigenvalue weighted by atomic mass is 9.96. The molecule has 5 nitrogen and oxygen atoms in total. The van der Waals surface area contributed by atoms with E-state index < -0.39 is 10.0 Å². The highest BCUT2D eigenvalue weighted by Crippen LogP contribution is 2.37. The number of thioether (sulfide) groups is 1. The van der Waals surface area contributed by atoms with Crippen LogP contribution in [0.4, 0.5) is 5.69 Å². The van der Waals surface area contributed by atoms with Gasteiger partial charge in [-0.3, -0.25) is 4.79 Å². The summed E-state index contributed by atoms with van der Waals surface area (Å²) in [4.78, 5) is 13.0. The van der Waals surface area contributed by atoms with Gasteiger partial charge >= 0.3 is 0 Å². The number of rotatable bonds is 3. The summed E-state index contributed by atoms with van der Waals surface area (Å²) in [5.74, 6) is -0.0855. The summed E-state index contributed by atoms with van der Waals surface area (Å²) in [6.07, 6.45) is 5.19. The Morgan fingerprint density at radius 3 is 2.61 bits per heavy atom. The molecule has 1 unspecified atom stereocenters. The third-order valence-corrected chi connectivity index (χ3v) is 7.73. The zero-order valence-electron chi connectivity index (χ0n) is 13.4. The van der Waals surface area contributed by atoms with E-state index in [2.05, 4.69) is 5.32 Å². The first-order valence-electron chi connectivity index (χ1n) is 7.99. The molecule has 0 spiro atoms. The van der Waals surface area contributed by atoms with Gasteiger partial charge in [-0.2, -0.15) is 4.31 Å². The maximum atomic E-state index is 12.9. The number of nitrogens with zero attached hydrogens (tertiary/aromatic N) is 1. The number of carbonyl (C=O) groups excluding carboxylic acids is 1. The molecule has 1 heterocycles. The van der Waals surface area contributed by atoms with E-state index in [1.54, 1.807) is 25.2 Å². The predicted octanol–water partition coefficient (Wildman–Crippen LogP) is 3.07. The zero-order chi connectivity index (χ0) is 16.6. The third kappa shape index (κ3) is 3.27. The number of fused-ring (bicyclic) bond motifs is 1. The van der Waals surface area contributed by atoms with Crippen molar-refractivity contribution < 1.29 is 13.2 Å². The fraction of sp³-hybridized carbons (Fsp3) is 0.562. The van der Waals surface area contributed by atoms with Gasteiger partial charge in [0.25, 0.3) is 0 Å². The average molecular weight is 354 g/mol. The van der Waals surface area contributed by atoms with Gasteiger partial charge in [0.15, 0.2) is 0 Å². The number of sulfonamides is 1. The standard InChI is InChI=1S/C16H22N2O3S2/c1-11-16(19)17-14-10-13(8-9-15(14)22-11)23(20,21)18(2)12-6-4-3-5-7-12/h8-12H,3-7H2,1-2H3,(H,17,19). The molecule has 0 bridgehead atoms. The van der Waals surface area contributed by atoms with Crippen LogP contribution in [0.5, 0.6) is 0 Å². The molecule has 0 aromatic heterocycles. The monoisotopic (exact) mass is 354 g/mol. The largest absolute Gasteiger partial charge is 0.324 e. The first kappa shape index (κ1) is 16.8. The number of amides is 1. The van der Waals surface area contributed by atoms with Crippen molar-refractivity contribution in [3.05, 3.63) is 18.2 Å². The van der Waals surface area contributed by atoms with Gasteiger partial charge in [-0.1, -0.05) is 19.3 Å². The van der Waals surface area contributed by atoms with Crippen molar-refractivity contribution in [1.29, 1.82) is 0 Å². The lowest BCUT2D eigenvalue weighted by Gasteiger charge is -2.30. The molecule has 2 aliphatic rings. The quantitative estimate of drug-likeness (QED) is 0.906. The van der Waals surface area contributed by atoms with Gasteiger partial charge in [0, 0.05) is 18.0 Å². The molecule has 1 saturated carbocycles. The molecule has 1 aromatic carbocycles. The molecule has 1 fully saturated rings. The Labute approximate surface area is 141 Å². The molecule has 1 aliphatic carbocycles. The number of carbonyl (C=O) groups is 1. The van der Waals surface area contributed by atoms with Crippen LogP contribution < -0.4 is 5.32 Å². The van der Waals surface area contributed by atoms with E-state index in [9.17, 15) is 13.2 Å². The van der Waals surface area contributed by atoms with Gasteiger partial charge in [0.05, 0.1) is 15.8 Å². The summed E-state index contributed by atoms with van der Waals surface area (Å²) in [5, 5.41) is 2.64. The predicted molar refractivity (Wildman–Crippen MR) is 92.2 cm³/mol. The fourth-order valence-electron chi connectivity index (χ4n) is 3.16. The van der Waals surface area contributed by atoms with E-state index in [0.29, 0.717) is 5.69 Å². The van der Waals surface area contributed by atoms with Crippen LogP contribution in [0.25, 0.3) is 0 Å². The zero-order valence-corrected chi connectivity index (χ0v) is 15.0. The van der Waals surface area contributed by atoms with Crippen molar-refractivity contribution >= 4 is 33.4 Å². The minimum absolute atomic E-state index is 0.0776. The van der Waals surface area contributed by atoms with Crippen LogP contribution in [0.2, 0.25) is 0 Å². The third-order valence-electron chi connectivity index (χ3n) is 4.65. The van der Waals surface area contributed by atoms with Gasteiger partial charge in [-0.05, 0) is 38.0 Å². The van der Waals surface area contributed by atoms with Gasteiger partial charge in [-0.25, -0.2) is 8.42 Å². The summed E-state index contributed by atoms with van der Waals surface area (Å²) >= 11 is 1.46. The Kier molecular flexibility index (Phi) is 4.71. The molecule has 7 heteroatoms. The first-order chi connectivity index (χ1) is 10.9. The van der Waals surface area contributed by atoms with E-state index in [1.807, 2.05) is 6.92 Å². The van der Waals surface area contributed by atoms with Gasteiger partial charge < -0.3 is 5.32 Å². The molecule has 1 N–H and O–H groups in total. The summed E-state index contributed by atoms with van der Waals surface area (Å²) in [6.45, 7) is 1.84. The van der Waals surface area contributed by atoms with Crippen molar-refractivity contribution in [3.8, 4) is 0 Å². The van der Waals surface area contributed by atoms with Gasteiger partial charge in [0.1, 0.15) is 0 Å². The molecule has 1 amide bonds. The Morgan fingerprint density at radius 1 is 1.22 bits per heavy atom. The van der Waals surface area contributed by atoms with Crippen LogP contribution >= 0.6 is 11.8 Å². The summed E-state index contributed by atoms with van der Waals surface area (Å²) in [5.41, 5.74) is 0.594. The Balaban J connectivity index is 1.88. The minimum atomic E-state index is -3.53. The lowest BCUT2D eigenvalue weighted by molar-refractivity contribution is -0.115. The van der Waals surface area contributed by atoms with E-state index >= 15 is 0 Å². The molecule has 0 saturated heterocycles. The summed E-state index contributed by atoms with van der Waals surface area (Å²) in [7, 11) is -1.86. The summed E-state index contributed by atoms with van der Waals surface area (Å²) in [6, 6.07) is 5.09. The fourth-order valence-corrected chi connectivity index (χ4v) is 5.53. The average Bonchev–Trinajstić information content (AvgIpc) is 2.55. The molecule has 23 heavy (non-hydrogen) atoms. The lowest BCUT2D eigenvalue weighted by Crippen LogP contribution is -2.38. The molecule has 3 rings (SSSR count). The van der Waals surface area contributed by atoms with Crippen molar-refractivity contribution in [1.82, 2.24) is 4.31 Å². The highest BCUT2D eigenvalue weighted by molar-refractivity contribution is 8.01. The van der Waals surface area contributed by atoms with Crippen LogP contribution in [0, 0.1) is 0 Å². The molecule has 1 aromatic rings. The van der Waals surface area contributed by atoms with Crippen LogP contribution in [-0.4, -0.2) is 37.0 Å². The Hall–Kier alpha value is -1.05. The Morgan fingerprint density at radius 2 is 1.91 bits per heavy atom. The molecule has 126 valence electrons. The van der Waals surface area contributed by atoms with Crippen LogP contribution in [-0.2, 0) is 14.8 Å². The van der Waals surface area contributed by atoms with Crippen LogP contribution in [0.1, 0.15) is 39.0 Å². The Bertz CT molecular complexity index is 712. The molecular formula is C16H22N2O3S2. The van der Waals surface area contributed by atoms with Crippen molar-refractivity contribution in [2.45, 2.75) is 60.1 Å². The van der Waals surface area contributed by atoms with E-state index in [0.717, 1.165) is 30.6 Å². The van der Waals surface area contributed by atoms with Crippen LogP contribution in [0.3, 0.4) is 0 Å². The van der Waals surface area contributed by atoms with Gasteiger partial charge in [-0.15, -0.1) is 11.8 Å². The second kappa shape index (κ2) is 6.45. The van der Waals surface area contributed by atoms with Gasteiger partial charge in [0.2, 0.25) is 15.9 Å². The summed E-state index contributed by atoms with van der Waals surface area (Å²) < 4.78 is 27.2. The number of hydrogen-bond acceptors (Lipinski definition) is 4. The second-order valence-corrected chi connectivity index (χ2v) is 9.60. The van der Waals surface area contributed by atoms with Crippen molar-refractivity contribution in [3.63, 3.8) is 0 Å². The first-order valence-corrected chi connectivity index (χ1v) is 10.3. The second-order valence-electron chi connectivity index (χ2n) is 6.22. The molecule has 0 radical (unpaired) electrons. The van der Waals surface area contributed by atoms with E-state index in [-0.39, 0.29) is 22.1 Å². The number of nitrogens with one attached hydrogen (secondary N) is 1. The van der Waals surface area contributed by atoms with Crippen LogP contribution in [0.15, 0.2) is 28.0 Å². The number of benzene rings is 1. The van der Waals surface area contributed by atoms with Crippen molar-refractivity contribution in [2.24, 2.45) is 0 Å². The maximum absolute atomic E-state index is 12.9. The smallest absolute Gasteiger partial charge is 0.243 e. The number of hydrogen-bond donors (Lipinski definition) is 1. The highest BCUT2D eigenvalue weighted by atomic mass is 32.2. The van der Waals surface area contributed by atoms with Crippen molar-refractivity contribution in [2.75, 3.05) is 12.4 Å². The topological polar surface area (TPSA) is 66.5 Å². The normalized spacial score (nSPS) is 22.7. The highest BCUT2D eigenvalue weighted by Gasteiger charge is 2.31.